The normalized spacial score (nSPS) is 12.2. The summed E-state index contributed by atoms with van der Waals surface area (Å²) in [7, 11) is -2.00. The molecule has 1 rings (SSSR count). The first-order valence-electron chi connectivity index (χ1n) is 9.13. The molecule has 0 spiro atoms. The molecule has 1 aromatic carbocycles. The number of aliphatic imine (C=N–C) groups is 1. The lowest BCUT2D eigenvalue weighted by Crippen LogP contribution is -2.37. The van der Waals surface area contributed by atoms with Crippen molar-refractivity contribution in [3.63, 3.8) is 0 Å². The van der Waals surface area contributed by atoms with E-state index in [1.54, 1.807) is 18.2 Å². The monoisotopic (exact) mass is 384 g/mol. The van der Waals surface area contributed by atoms with Gasteiger partial charge in [0.05, 0.1) is 18.0 Å². The first kappa shape index (κ1) is 22.4. The number of guanidine groups is 1. The van der Waals surface area contributed by atoms with Gasteiger partial charge >= 0.3 is 0 Å². The molecule has 0 aliphatic carbocycles. The van der Waals surface area contributed by atoms with Crippen molar-refractivity contribution >= 4 is 16.0 Å². The molecule has 0 aromatic heterocycles. The highest BCUT2D eigenvalue weighted by Crippen LogP contribution is 2.12. The van der Waals surface area contributed by atoms with Crippen LogP contribution in [0.5, 0.6) is 0 Å². The number of methoxy groups -OCH3 is 1. The van der Waals surface area contributed by atoms with E-state index in [-0.39, 0.29) is 11.4 Å². The predicted octanol–water partition coefficient (Wildman–Crippen LogP) is 1.86. The van der Waals surface area contributed by atoms with Crippen molar-refractivity contribution in [2.45, 2.75) is 44.6 Å². The van der Waals surface area contributed by atoms with Crippen molar-refractivity contribution in [2.75, 3.05) is 33.4 Å². The van der Waals surface area contributed by atoms with Gasteiger partial charge in [0.1, 0.15) is 0 Å². The molecule has 0 aliphatic heterocycles. The van der Waals surface area contributed by atoms with Gasteiger partial charge in [-0.1, -0.05) is 31.9 Å². The van der Waals surface area contributed by atoms with Crippen LogP contribution in [-0.4, -0.2) is 47.7 Å². The first-order valence-corrected chi connectivity index (χ1v) is 10.6. The van der Waals surface area contributed by atoms with Gasteiger partial charge in [0.15, 0.2) is 5.96 Å². The lowest BCUT2D eigenvalue weighted by atomic mass is 10.2. The lowest BCUT2D eigenvalue weighted by molar-refractivity contribution is 0.204. The minimum absolute atomic E-state index is 0.238. The topological polar surface area (TPSA) is 91.8 Å². The van der Waals surface area contributed by atoms with E-state index in [9.17, 15) is 8.42 Å². The van der Waals surface area contributed by atoms with Crippen LogP contribution in [-0.2, 0) is 21.3 Å². The largest absolute Gasteiger partial charge is 0.383 e. The highest BCUT2D eigenvalue weighted by molar-refractivity contribution is 7.89. The average Bonchev–Trinajstić information content (AvgIpc) is 2.63. The number of hydrogen-bond acceptors (Lipinski definition) is 4. The Labute approximate surface area is 157 Å². The number of nitrogens with zero attached hydrogens (tertiary/aromatic N) is 1. The smallest absolute Gasteiger partial charge is 0.240 e. The van der Waals surface area contributed by atoms with E-state index in [0.717, 1.165) is 31.0 Å². The van der Waals surface area contributed by atoms with E-state index < -0.39 is 10.0 Å². The fourth-order valence-corrected chi connectivity index (χ4v) is 3.35. The second kappa shape index (κ2) is 12.7. The summed E-state index contributed by atoms with van der Waals surface area (Å²) in [6.45, 7) is 6.82. The van der Waals surface area contributed by atoms with Gasteiger partial charge in [-0.25, -0.2) is 18.1 Å². The molecule has 0 atom stereocenters. The molecular weight excluding hydrogens is 352 g/mol. The summed E-state index contributed by atoms with van der Waals surface area (Å²) in [6, 6.07) is 6.84. The van der Waals surface area contributed by atoms with Crippen LogP contribution in [0.15, 0.2) is 34.2 Å². The molecule has 0 amide bonds. The van der Waals surface area contributed by atoms with Gasteiger partial charge in [0, 0.05) is 26.7 Å². The summed E-state index contributed by atoms with van der Waals surface area (Å²) in [5.74, 6) is 0.745. The molecule has 0 saturated heterocycles. The van der Waals surface area contributed by atoms with Gasteiger partial charge in [-0.15, -0.1) is 0 Å². The van der Waals surface area contributed by atoms with Crippen molar-refractivity contribution < 1.29 is 13.2 Å². The molecule has 7 nitrogen and oxygen atoms in total. The average molecular weight is 385 g/mol. The number of nitrogens with one attached hydrogen (secondary N) is 3. The van der Waals surface area contributed by atoms with Crippen molar-refractivity contribution in [3.05, 3.63) is 29.8 Å². The van der Waals surface area contributed by atoms with Crippen LogP contribution >= 0.6 is 0 Å². The summed E-state index contributed by atoms with van der Waals surface area (Å²) >= 11 is 0. The summed E-state index contributed by atoms with van der Waals surface area (Å²) in [4.78, 5) is 4.78. The van der Waals surface area contributed by atoms with Gasteiger partial charge in [-0.05, 0) is 31.0 Å². The molecule has 0 heterocycles. The van der Waals surface area contributed by atoms with Crippen molar-refractivity contribution in [3.8, 4) is 0 Å². The van der Waals surface area contributed by atoms with Crippen LogP contribution in [0.1, 0.15) is 38.7 Å². The zero-order chi connectivity index (χ0) is 19.3. The molecule has 0 bridgehead atoms. The van der Waals surface area contributed by atoms with Crippen LogP contribution in [0.4, 0.5) is 0 Å². The third-order valence-electron chi connectivity index (χ3n) is 3.64. The Bertz CT molecular complexity index is 648. The Balaban J connectivity index is 2.73. The van der Waals surface area contributed by atoms with E-state index >= 15 is 0 Å². The van der Waals surface area contributed by atoms with E-state index in [2.05, 4.69) is 27.3 Å². The van der Waals surface area contributed by atoms with Crippen LogP contribution in [0.2, 0.25) is 0 Å². The maximum Gasteiger partial charge on any atom is 0.240 e. The molecule has 0 fully saturated rings. The standard InChI is InChI=1S/C18H32N4O3S/c1-4-6-7-11-20-18(19-5-2)21-15-16-9-8-10-17(14-16)26(23,24)22-12-13-25-3/h8-10,14,22H,4-7,11-13,15H2,1-3H3,(H2,19,20,21). The molecule has 0 saturated carbocycles. The van der Waals surface area contributed by atoms with Crippen LogP contribution in [0.3, 0.4) is 0 Å². The lowest BCUT2D eigenvalue weighted by Gasteiger charge is -2.11. The first-order chi connectivity index (χ1) is 12.5. The summed E-state index contributed by atoms with van der Waals surface area (Å²) < 4.78 is 31.9. The fraction of sp³-hybridized carbons (Fsp3) is 0.611. The molecule has 3 N–H and O–H groups in total. The maximum absolute atomic E-state index is 12.3. The SMILES string of the molecule is CCCCCNC(=NCc1cccc(S(=O)(=O)NCCOC)c1)NCC. The Morgan fingerprint density at radius 3 is 2.65 bits per heavy atom. The van der Waals surface area contributed by atoms with E-state index in [4.69, 9.17) is 4.74 Å². The minimum Gasteiger partial charge on any atom is -0.383 e. The second-order valence-electron chi connectivity index (χ2n) is 5.87. The van der Waals surface area contributed by atoms with Crippen LogP contribution in [0.25, 0.3) is 0 Å². The fourth-order valence-electron chi connectivity index (χ4n) is 2.27. The third-order valence-corrected chi connectivity index (χ3v) is 5.10. The highest BCUT2D eigenvalue weighted by atomic mass is 32.2. The molecule has 8 heteroatoms. The Kier molecular flexibility index (Phi) is 10.9. The minimum atomic E-state index is -3.53. The number of hydrogen-bond donors (Lipinski definition) is 3. The Hall–Kier alpha value is -1.64. The van der Waals surface area contributed by atoms with E-state index in [0.29, 0.717) is 13.2 Å². The van der Waals surface area contributed by atoms with Gasteiger partial charge < -0.3 is 15.4 Å². The molecule has 0 unspecified atom stereocenters. The number of rotatable bonds is 12. The Morgan fingerprint density at radius 2 is 1.96 bits per heavy atom. The predicted molar refractivity (Wildman–Crippen MR) is 106 cm³/mol. The van der Waals surface area contributed by atoms with Gasteiger partial charge in [0.2, 0.25) is 10.0 Å². The molecule has 26 heavy (non-hydrogen) atoms. The van der Waals surface area contributed by atoms with E-state index in [1.807, 2.05) is 13.0 Å². The molecule has 148 valence electrons. The second-order valence-corrected chi connectivity index (χ2v) is 7.63. The summed E-state index contributed by atoms with van der Waals surface area (Å²) in [6.07, 6.45) is 3.46. The summed E-state index contributed by atoms with van der Waals surface area (Å²) in [5.41, 5.74) is 0.838. The Morgan fingerprint density at radius 1 is 1.15 bits per heavy atom. The quantitative estimate of drug-likeness (QED) is 0.291. The van der Waals surface area contributed by atoms with Crippen molar-refractivity contribution in [1.82, 2.24) is 15.4 Å². The molecular formula is C18H32N4O3S. The van der Waals surface area contributed by atoms with Gasteiger partial charge in [0.25, 0.3) is 0 Å². The van der Waals surface area contributed by atoms with Crippen molar-refractivity contribution in [1.29, 1.82) is 0 Å². The van der Waals surface area contributed by atoms with Crippen LogP contribution < -0.4 is 15.4 Å². The van der Waals surface area contributed by atoms with Crippen LogP contribution in [0, 0.1) is 0 Å². The zero-order valence-corrected chi connectivity index (χ0v) is 16.9. The maximum atomic E-state index is 12.3. The molecule has 0 aliphatic rings. The highest BCUT2D eigenvalue weighted by Gasteiger charge is 2.13. The van der Waals surface area contributed by atoms with Gasteiger partial charge in [-0.3, -0.25) is 0 Å². The third kappa shape index (κ3) is 8.64. The number of sulfonamides is 1. The summed E-state index contributed by atoms with van der Waals surface area (Å²) in [5, 5.41) is 6.50. The number of ether oxygens (including phenoxy) is 1. The van der Waals surface area contributed by atoms with Crippen molar-refractivity contribution in [2.24, 2.45) is 4.99 Å². The number of benzene rings is 1. The van der Waals surface area contributed by atoms with Gasteiger partial charge in [-0.2, -0.15) is 0 Å². The zero-order valence-electron chi connectivity index (χ0n) is 16.0. The van der Waals surface area contributed by atoms with E-state index in [1.165, 1.54) is 20.0 Å². The molecule has 1 aromatic rings. The number of unbranched alkanes of at least 4 members (excludes halogenated alkanes) is 2. The molecule has 0 radical (unpaired) electrons.